The number of hydrogen-bond donors (Lipinski definition) is 2. The highest BCUT2D eigenvalue weighted by Gasteiger charge is 2.13. The van der Waals surface area contributed by atoms with Crippen LogP contribution in [-0.2, 0) is 20.8 Å². The van der Waals surface area contributed by atoms with Crippen LogP contribution in [0.1, 0.15) is 24.8 Å². The number of rotatable bonds is 11. The molecule has 0 aliphatic carbocycles. The third-order valence-electron chi connectivity index (χ3n) is 4.90. The first-order chi connectivity index (χ1) is 14.6. The van der Waals surface area contributed by atoms with Crippen molar-refractivity contribution in [3.05, 3.63) is 29.8 Å². The Morgan fingerprint density at radius 1 is 1.27 bits per heavy atom. The molecule has 2 N–H and O–H groups in total. The maximum absolute atomic E-state index is 11.7. The standard InChI is InChI=1S/C22H36N4O4/c1-23-22(24-10-5-11-29-16-18-8-12-28-13-9-18)25-15-19-6-4-7-20(14-19)30-17-21(27)26(2)3/h4,6-7,14,18H,5,8-13,15-17H2,1-3H3,(H2,23,24,25). The van der Waals surface area contributed by atoms with Gasteiger partial charge in [0.05, 0.1) is 0 Å². The van der Waals surface area contributed by atoms with E-state index in [4.69, 9.17) is 14.2 Å². The van der Waals surface area contributed by atoms with Gasteiger partial charge in [0.25, 0.3) is 5.91 Å². The summed E-state index contributed by atoms with van der Waals surface area (Å²) in [5.41, 5.74) is 1.05. The summed E-state index contributed by atoms with van der Waals surface area (Å²) in [5, 5.41) is 6.59. The summed E-state index contributed by atoms with van der Waals surface area (Å²) in [5.74, 6) is 1.99. The molecule has 30 heavy (non-hydrogen) atoms. The van der Waals surface area contributed by atoms with Crippen molar-refractivity contribution < 1.29 is 19.0 Å². The van der Waals surface area contributed by atoms with E-state index in [9.17, 15) is 4.79 Å². The fraction of sp³-hybridized carbons (Fsp3) is 0.636. The minimum Gasteiger partial charge on any atom is -0.484 e. The number of benzene rings is 1. The van der Waals surface area contributed by atoms with Crippen LogP contribution in [0, 0.1) is 5.92 Å². The second kappa shape index (κ2) is 13.8. The number of carbonyl (C=O) groups is 1. The van der Waals surface area contributed by atoms with Gasteiger partial charge in [-0.05, 0) is 42.9 Å². The molecule has 2 rings (SSSR count). The number of hydrogen-bond acceptors (Lipinski definition) is 5. The quantitative estimate of drug-likeness (QED) is 0.322. The first-order valence-electron chi connectivity index (χ1n) is 10.6. The summed E-state index contributed by atoms with van der Waals surface area (Å²) in [6.07, 6.45) is 3.13. The van der Waals surface area contributed by atoms with Crippen LogP contribution in [-0.4, -0.2) is 77.5 Å². The van der Waals surface area contributed by atoms with Crippen molar-refractivity contribution in [3.63, 3.8) is 0 Å². The van der Waals surface area contributed by atoms with Crippen LogP contribution in [0.5, 0.6) is 5.75 Å². The number of amides is 1. The van der Waals surface area contributed by atoms with Crippen molar-refractivity contribution >= 4 is 11.9 Å². The Labute approximate surface area is 180 Å². The van der Waals surface area contributed by atoms with Crippen molar-refractivity contribution in [3.8, 4) is 5.75 Å². The molecule has 0 bridgehead atoms. The van der Waals surface area contributed by atoms with Crippen molar-refractivity contribution in [1.29, 1.82) is 0 Å². The second-order valence-corrected chi connectivity index (χ2v) is 7.56. The van der Waals surface area contributed by atoms with E-state index in [0.717, 1.165) is 63.8 Å². The summed E-state index contributed by atoms with van der Waals surface area (Å²) >= 11 is 0. The minimum atomic E-state index is -0.0696. The van der Waals surface area contributed by atoms with Crippen LogP contribution in [0.3, 0.4) is 0 Å². The van der Waals surface area contributed by atoms with Crippen LogP contribution >= 0.6 is 0 Å². The Balaban J connectivity index is 1.61. The van der Waals surface area contributed by atoms with Crippen molar-refractivity contribution in [2.24, 2.45) is 10.9 Å². The van der Waals surface area contributed by atoms with E-state index in [1.165, 1.54) is 4.90 Å². The summed E-state index contributed by atoms with van der Waals surface area (Å²) in [6.45, 7) is 4.73. The zero-order valence-corrected chi connectivity index (χ0v) is 18.5. The molecule has 168 valence electrons. The fourth-order valence-corrected chi connectivity index (χ4v) is 2.97. The molecule has 1 amide bonds. The number of guanidine groups is 1. The molecule has 1 heterocycles. The molecule has 0 spiro atoms. The molecule has 1 aromatic rings. The lowest BCUT2D eigenvalue weighted by Crippen LogP contribution is -2.37. The zero-order valence-electron chi connectivity index (χ0n) is 18.5. The molecule has 1 aliphatic rings. The number of aliphatic imine (C=N–C) groups is 1. The van der Waals surface area contributed by atoms with Gasteiger partial charge < -0.3 is 29.7 Å². The van der Waals surface area contributed by atoms with Gasteiger partial charge in [0.15, 0.2) is 12.6 Å². The molecule has 8 heteroatoms. The zero-order chi connectivity index (χ0) is 21.6. The summed E-state index contributed by atoms with van der Waals surface area (Å²) in [4.78, 5) is 17.4. The van der Waals surface area contributed by atoms with Gasteiger partial charge in [-0.3, -0.25) is 9.79 Å². The van der Waals surface area contributed by atoms with E-state index in [2.05, 4.69) is 15.6 Å². The normalized spacial score (nSPS) is 15.0. The third-order valence-corrected chi connectivity index (χ3v) is 4.90. The predicted molar refractivity (Wildman–Crippen MR) is 118 cm³/mol. The lowest BCUT2D eigenvalue weighted by atomic mass is 10.0. The van der Waals surface area contributed by atoms with E-state index < -0.39 is 0 Å². The topological polar surface area (TPSA) is 84.4 Å². The smallest absolute Gasteiger partial charge is 0.259 e. The molecule has 0 unspecified atom stereocenters. The third kappa shape index (κ3) is 9.45. The van der Waals surface area contributed by atoms with Gasteiger partial charge in [-0.2, -0.15) is 0 Å². The number of ether oxygens (including phenoxy) is 3. The minimum absolute atomic E-state index is 0.0314. The number of nitrogens with one attached hydrogen (secondary N) is 2. The molecule has 0 radical (unpaired) electrons. The molecule has 1 saturated heterocycles. The molecular formula is C22H36N4O4. The van der Waals surface area contributed by atoms with Gasteiger partial charge in [0.1, 0.15) is 5.75 Å². The van der Waals surface area contributed by atoms with E-state index >= 15 is 0 Å². The molecule has 0 saturated carbocycles. The lowest BCUT2D eigenvalue weighted by Gasteiger charge is -2.21. The molecule has 1 fully saturated rings. The second-order valence-electron chi connectivity index (χ2n) is 7.56. The maximum atomic E-state index is 11.7. The summed E-state index contributed by atoms with van der Waals surface area (Å²) in [7, 11) is 5.18. The van der Waals surface area contributed by atoms with Crippen LogP contribution in [0.2, 0.25) is 0 Å². The van der Waals surface area contributed by atoms with Gasteiger partial charge in [0.2, 0.25) is 0 Å². The number of carbonyl (C=O) groups excluding carboxylic acids is 1. The van der Waals surface area contributed by atoms with Crippen molar-refractivity contribution in [2.45, 2.75) is 25.8 Å². The van der Waals surface area contributed by atoms with E-state index in [-0.39, 0.29) is 12.5 Å². The first-order valence-corrected chi connectivity index (χ1v) is 10.6. The van der Waals surface area contributed by atoms with Crippen LogP contribution in [0.15, 0.2) is 29.3 Å². The van der Waals surface area contributed by atoms with E-state index in [0.29, 0.717) is 18.2 Å². The predicted octanol–water partition coefficient (Wildman–Crippen LogP) is 1.65. The average molecular weight is 421 g/mol. The Morgan fingerprint density at radius 3 is 2.80 bits per heavy atom. The summed E-state index contributed by atoms with van der Waals surface area (Å²) < 4.78 is 16.7. The Kier molecular flexibility index (Phi) is 11.0. The SMILES string of the molecule is CN=C(NCCCOCC1CCOCC1)NCc1cccc(OCC(=O)N(C)C)c1. The Bertz CT molecular complexity index is 660. The van der Waals surface area contributed by atoms with Gasteiger partial charge in [0, 0.05) is 60.7 Å². The Morgan fingerprint density at radius 2 is 2.07 bits per heavy atom. The van der Waals surface area contributed by atoms with Crippen molar-refractivity contribution in [2.75, 3.05) is 60.7 Å². The molecule has 8 nitrogen and oxygen atoms in total. The molecule has 0 atom stereocenters. The van der Waals surface area contributed by atoms with Crippen LogP contribution in [0.4, 0.5) is 0 Å². The summed E-state index contributed by atoms with van der Waals surface area (Å²) in [6, 6.07) is 7.69. The molecular weight excluding hydrogens is 384 g/mol. The Hall–Kier alpha value is -2.32. The number of nitrogens with zero attached hydrogens (tertiary/aromatic N) is 2. The first kappa shape index (κ1) is 24.0. The highest BCUT2D eigenvalue weighted by Crippen LogP contribution is 2.15. The van der Waals surface area contributed by atoms with Gasteiger partial charge in [-0.25, -0.2) is 0 Å². The average Bonchev–Trinajstić information content (AvgIpc) is 2.77. The van der Waals surface area contributed by atoms with Crippen LogP contribution in [0.25, 0.3) is 0 Å². The monoisotopic (exact) mass is 420 g/mol. The molecule has 1 aliphatic heterocycles. The maximum Gasteiger partial charge on any atom is 0.259 e. The highest BCUT2D eigenvalue weighted by atomic mass is 16.5. The lowest BCUT2D eigenvalue weighted by molar-refractivity contribution is -0.130. The van der Waals surface area contributed by atoms with Gasteiger partial charge >= 0.3 is 0 Å². The highest BCUT2D eigenvalue weighted by molar-refractivity contribution is 5.79. The van der Waals surface area contributed by atoms with Crippen LogP contribution < -0.4 is 15.4 Å². The van der Waals surface area contributed by atoms with Gasteiger partial charge in [-0.15, -0.1) is 0 Å². The molecule has 1 aromatic carbocycles. The number of likely N-dealkylation sites (N-methyl/N-ethyl adjacent to an activating group) is 1. The van der Waals surface area contributed by atoms with E-state index in [1.807, 2.05) is 24.3 Å². The fourth-order valence-electron chi connectivity index (χ4n) is 2.97. The molecule has 0 aromatic heterocycles. The van der Waals surface area contributed by atoms with Gasteiger partial charge in [-0.1, -0.05) is 12.1 Å². The van der Waals surface area contributed by atoms with E-state index in [1.54, 1.807) is 21.1 Å². The van der Waals surface area contributed by atoms with Crippen molar-refractivity contribution in [1.82, 2.24) is 15.5 Å². The largest absolute Gasteiger partial charge is 0.484 e.